The maximum atomic E-state index is 10.8. The van der Waals surface area contributed by atoms with E-state index in [9.17, 15) is 4.79 Å². The number of allylic oxidation sites excluding steroid dienone is 1. The zero-order valence-electron chi connectivity index (χ0n) is 8.99. The van der Waals surface area contributed by atoms with Crippen molar-refractivity contribution >= 4 is 5.97 Å². The summed E-state index contributed by atoms with van der Waals surface area (Å²) in [7, 11) is 2.97. The number of hydrogen-bond acceptors (Lipinski definition) is 4. The smallest absolute Gasteiger partial charge is 0.305 e. The van der Waals surface area contributed by atoms with E-state index in [-0.39, 0.29) is 5.97 Å². The van der Waals surface area contributed by atoms with Crippen LogP contribution in [0.15, 0.2) is 22.6 Å². The van der Waals surface area contributed by atoms with Gasteiger partial charge in [-0.25, -0.2) is 0 Å². The van der Waals surface area contributed by atoms with E-state index < -0.39 is 0 Å². The van der Waals surface area contributed by atoms with Crippen LogP contribution >= 0.6 is 0 Å². The van der Waals surface area contributed by atoms with Gasteiger partial charge in [0.2, 0.25) is 0 Å². The molecule has 0 radical (unpaired) electrons. The quantitative estimate of drug-likeness (QED) is 0.372. The van der Waals surface area contributed by atoms with Crippen molar-refractivity contribution in [3.05, 3.63) is 12.3 Å². The number of carbonyl (C=O) groups is 1. The van der Waals surface area contributed by atoms with Gasteiger partial charge >= 0.3 is 5.97 Å². The molecule has 0 unspecified atom stereocenters. The molecule has 14 heavy (non-hydrogen) atoms. The van der Waals surface area contributed by atoms with Gasteiger partial charge in [-0.1, -0.05) is 11.8 Å². The molecule has 0 aromatic heterocycles. The van der Waals surface area contributed by atoms with Crippen molar-refractivity contribution in [2.24, 2.45) is 10.3 Å². The third kappa shape index (κ3) is 5.29. The molecule has 0 saturated carbocycles. The summed E-state index contributed by atoms with van der Waals surface area (Å²) >= 11 is 0. The van der Waals surface area contributed by atoms with E-state index in [1.54, 1.807) is 12.1 Å². The van der Waals surface area contributed by atoms with Crippen molar-refractivity contribution in [1.82, 2.24) is 5.01 Å². The molecule has 0 N–H and O–H groups in total. The highest BCUT2D eigenvalue weighted by Gasteiger charge is 2.04. The van der Waals surface area contributed by atoms with E-state index in [4.69, 9.17) is 0 Å². The van der Waals surface area contributed by atoms with Gasteiger partial charge in [-0.15, -0.1) is 0 Å². The first-order valence-electron chi connectivity index (χ1n) is 4.41. The van der Waals surface area contributed by atoms with Crippen LogP contribution in [0.5, 0.6) is 0 Å². The zero-order chi connectivity index (χ0) is 11.0. The molecular formula is C9H17N3O2. The summed E-state index contributed by atoms with van der Waals surface area (Å²) in [6.45, 7) is 6.21. The highest BCUT2D eigenvalue weighted by Crippen LogP contribution is 2.04. The third-order valence-electron chi connectivity index (χ3n) is 1.62. The summed E-state index contributed by atoms with van der Waals surface area (Å²) in [5.74, 6) is -0.208. The molecule has 0 amide bonds. The molecule has 0 heterocycles. The number of esters is 1. The molecule has 0 atom stereocenters. The normalized spacial score (nSPS) is 10.2. The number of methoxy groups -OCH3 is 1. The fraction of sp³-hybridized carbons (Fsp3) is 0.667. The van der Waals surface area contributed by atoms with Gasteiger partial charge in [0.1, 0.15) is 0 Å². The minimum absolute atomic E-state index is 0.208. The second-order valence-corrected chi connectivity index (χ2v) is 2.83. The van der Waals surface area contributed by atoms with Crippen molar-refractivity contribution in [1.29, 1.82) is 0 Å². The Morgan fingerprint density at radius 2 is 2.21 bits per heavy atom. The number of carbonyl (C=O) groups excluding carboxylic acids is 1. The van der Waals surface area contributed by atoms with Gasteiger partial charge in [0.05, 0.1) is 14.2 Å². The number of hydrogen-bond donors (Lipinski definition) is 0. The first-order valence-corrected chi connectivity index (χ1v) is 4.41. The first kappa shape index (κ1) is 12.6. The summed E-state index contributed by atoms with van der Waals surface area (Å²) in [6, 6.07) is 0. The third-order valence-corrected chi connectivity index (χ3v) is 1.62. The van der Waals surface area contributed by atoms with Gasteiger partial charge in [0.15, 0.2) is 0 Å². The minimum Gasteiger partial charge on any atom is -0.469 e. The van der Waals surface area contributed by atoms with Gasteiger partial charge in [0, 0.05) is 18.7 Å². The van der Waals surface area contributed by atoms with Crippen LogP contribution in [0.4, 0.5) is 0 Å². The van der Waals surface area contributed by atoms with Crippen molar-refractivity contribution in [2.75, 3.05) is 20.7 Å². The molecule has 5 heteroatoms. The van der Waals surface area contributed by atoms with Gasteiger partial charge in [-0.3, -0.25) is 9.80 Å². The minimum atomic E-state index is -0.208. The summed E-state index contributed by atoms with van der Waals surface area (Å²) in [5.41, 5.74) is 0.806. The molecule has 0 aromatic rings. The monoisotopic (exact) mass is 199 g/mol. The van der Waals surface area contributed by atoms with Crippen LogP contribution in [0.2, 0.25) is 0 Å². The second-order valence-electron chi connectivity index (χ2n) is 2.83. The Morgan fingerprint density at radius 3 is 2.64 bits per heavy atom. The summed E-state index contributed by atoms with van der Waals surface area (Å²) in [5, 5.41) is 9.16. The Balaban J connectivity index is 3.83. The van der Waals surface area contributed by atoms with E-state index in [0.29, 0.717) is 19.4 Å². The maximum absolute atomic E-state index is 10.8. The Hall–Kier alpha value is -1.39. The Bertz CT molecular complexity index is 226. The van der Waals surface area contributed by atoms with E-state index in [1.165, 1.54) is 7.11 Å². The van der Waals surface area contributed by atoms with Crippen LogP contribution in [-0.2, 0) is 9.53 Å². The van der Waals surface area contributed by atoms with Gasteiger partial charge in [-0.05, 0) is 13.3 Å². The van der Waals surface area contributed by atoms with Crippen LogP contribution in [0.3, 0.4) is 0 Å². The summed E-state index contributed by atoms with van der Waals surface area (Å²) in [6.07, 6.45) is 1.07. The molecule has 80 valence electrons. The molecule has 0 bridgehead atoms. The lowest BCUT2D eigenvalue weighted by Crippen LogP contribution is -2.16. The van der Waals surface area contributed by atoms with Crippen molar-refractivity contribution in [2.45, 2.75) is 19.8 Å². The van der Waals surface area contributed by atoms with E-state index in [2.05, 4.69) is 21.7 Å². The molecule has 0 saturated heterocycles. The highest BCUT2D eigenvalue weighted by molar-refractivity contribution is 5.69. The highest BCUT2D eigenvalue weighted by atomic mass is 16.5. The topological polar surface area (TPSA) is 54.3 Å². The molecule has 0 fully saturated rings. The number of ether oxygens (including phenoxy) is 1. The lowest BCUT2D eigenvalue weighted by atomic mass is 10.3. The van der Waals surface area contributed by atoms with Gasteiger partial charge < -0.3 is 4.74 Å². The fourth-order valence-corrected chi connectivity index (χ4v) is 0.895. The Morgan fingerprint density at radius 1 is 1.57 bits per heavy atom. The largest absolute Gasteiger partial charge is 0.469 e. The fourth-order valence-electron chi connectivity index (χ4n) is 0.895. The van der Waals surface area contributed by atoms with Gasteiger partial charge in [-0.2, -0.15) is 5.11 Å². The van der Waals surface area contributed by atoms with Crippen molar-refractivity contribution in [3.8, 4) is 0 Å². The van der Waals surface area contributed by atoms with Crippen LogP contribution in [0.1, 0.15) is 19.8 Å². The first-order chi connectivity index (χ1) is 6.61. The predicted octanol–water partition coefficient (Wildman–Crippen LogP) is 1.77. The number of rotatable bonds is 6. The van der Waals surface area contributed by atoms with Crippen LogP contribution in [0, 0.1) is 0 Å². The lowest BCUT2D eigenvalue weighted by molar-refractivity contribution is -0.140. The summed E-state index contributed by atoms with van der Waals surface area (Å²) < 4.78 is 4.52. The Labute approximate surface area is 84.4 Å². The predicted molar refractivity (Wildman–Crippen MR) is 53.6 cm³/mol. The van der Waals surface area contributed by atoms with E-state index in [1.807, 2.05) is 6.92 Å². The molecule has 0 aliphatic carbocycles. The zero-order valence-corrected chi connectivity index (χ0v) is 8.99. The van der Waals surface area contributed by atoms with Crippen LogP contribution < -0.4 is 0 Å². The number of nitrogens with zero attached hydrogens (tertiary/aromatic N) is 3. The average Bonchev–Trinajstić information content (AvgIpc) is 2.16. The summed E-state index contributed by atoms with van der Waals surface area (Å²) in [4.78, 5) is 10.8. The average molecular weight is 199 g/mol. The van der Waals surface area contributed by atoms with Crippen LogP contribution in [-0.4, -0.2) is 31.7 Å². The molecule has 0 spiro atoms. The van der Waals surface area contributed by atoms with Crippen LogP contribution in [0.25, 0.3) is 0 Å². The van der Waals surface area contributed by atoms with E-state index >= 15 is 0 Å². The second kappa shape index (κ2) is 7.06. The Kier molecular flexibility index (Phi) is 6.36. The molecule has 0 aliphatic heterocycles. The maximum Gasteiger partial charge on any atom is 0.305 e. The van der Waals surface area contributed by atoms with Crippen molar-refractivity contribution in [3.63, 3.8) is 0 Å². The molecule has 0 aromatic carbocycles. The van der Waals surface area contributed by atoms with Crippen molar-refractivity contribution < 1.29 is 9.53 Å². The lowest BCUT2D eigenvalue weighted by Gasteiger charge is -2.16. The molecule has 5 nitrogen and oxygen atoms in total. The van der Waals surface area contributed by atoms with Gasteiger partial charge in [0.25, 0.3) is 0 Å². The van der Waals surface area contributed by atoms with E-state index in [0.717, 1.165) is 5.70 Å². The standard InChI is InChI=1S/C9H17N3O2/c1-8(2)12(11-10-3)7-5-6-9(13)14-4/h1,5-7H2,2-4H3. The molecule has 0 aliphatic rings. The SMILES string of the molecule is C=C(C)N(CCCC(=O)OC)N=NC. The molecular weight excluding hydrogens is 182 g/mol. The molecule has 0 rings (SSSR count).